The molecule has 4 heterocycles. The molecule has 0 saturated heterocycles. The zero-order valence-electron chi connectivity index (χ0n) is 12.7. The fraction of sp³-hybridized carbons (Fsp3) is 0. The Morgan fingerprint density at radius 3 is 2.68 bits per heavy atom. The van der Waals surface area contributed by atoms with Crippen LogP contribution in [0.2, 0.25) is 0 Å². The van der Waals surface area contributed by atoms with Crippen LogP contribution < -0.4 is 5.32 Å². The molecular weight excluding hydrogens is 325 g/mol. The lowest BCUT2D eigenvalue weighted by Gasteiger charge is -2.02. The van der Waals surface area contributed by atoms with Gasteiger partial charge in [-0.1, -0.05) is 0 Å². The minimum atomic E-state index is -0.550. The average molecular weight is 335 g/mol. The molecule has 0 atom stereocenters. The van der Waals surface area contributed by atoms with Gasteiger partial charge in [-0.05, 0) is 12.1 Å². The highest BCUT2D eigenvalue weighted by molar-refractivity contribution is 6.49. The second-order valence-electron chi connectivity index (χ2n) is 5.22. The Bertz CT molecular complexity index is 1070. The zero-order valence-corrected chi connectivity index (χ0v) is 12.7. The van der Waals surface area contributed by atoms with E-state index in [-0.39, 0.29) is 16.8 Å². The van der Waals surface area contributed by atoms with Gasteiger partial charge in [0.25, 0.3) is 11.8 Å². The largest absolute Gasteiger partial charge is 0.305 e. The molecule has 1 N–H and O–H groups in total. The van der Waals surface area contributed by atoms with Crippen LogP contribution >= 0.6 is 0 Å². The number of halogens is 1. The highest BCUT2D eigenvalue weighted by Gasteiger charge is 2.34. The number of imide groups is 1. The van der Waals surface area contributed by atoms with Crippen LogP contribution in [0.3, 0.4) is 0 Å². The normalized spacial score (nSPS) is 14.8. The van der Waals surface area contributed by atoms with E-state index in [0.29, 0.717) is 22.9 Å². The first-order valence-corrected chi connectivity index (χ1v) is 7.30. The Morgan fingerprint density at radius 2 is 1.92 bits per heavy atom. The summed E-state index contributed by atoms with van der Waals surface area (Å²) in [7, 11) is 0. The van der Waals surface area contributed by atoms with Gasteiger partial charge in [0.1, 0.15) is 12.0 Å². The van der Waals surface area contributed by atoms with Gasteiger partial charge in [-0.2, -0.15) is 0 Å². The lowest BCUT2D eigenvalue weighted by Crippen LogP contribution is -2.22. The van der Waals surface area contributed by atoms with E-state index in [1.165, 1.54) is 29.4 Å². The van der Waals surface area contributed by atoms with Crippen LogP contribution in [-0.2, 0) is 9.59 Å². The first-order chi connectivity index (χ1) is 12.2. The predicted molar refractivity (Wildman–Crippen MR) is 88.2 cm³/mol. The van der Waals surface area contributed by atoms with E-state index >= 15 is 0 Å². The Labute approximate surface area is 140 Å². The van der Waals surface area contributed by atoms with Crippen LogP contribution in [0.4, 0.5) is 4.39 Å². The number of pyridine rings is 1. The van der Waals surface area contributed by atoms with Gasteiger partial charge in [-0.25, -0.2) is 9.37 Å². The first kappa shape index (κ1) is 14.9. The van der Waals surface area contributed by atoms with Crippen LogP contribution in [0.25, 0.3) is 28.4 Å². The van der Waals surface area contributed by atoms with Crippen LogP contribution in [-0.4, -0.2) is 31.3 Å². The van der Waals surface area contributed by atoms with Crippen molar-refractivity contribution in [2.24, 2.45) is 0 Å². The number of fused-ring (bicyclic) bond motifs is 1. The quantitative estimate of drug-likeness (QED) is 0.737. The standard InChI is InChI=1S/C17H10FN5O2/c18-3-7-23-9-11(10-2-1-4-21-15(10)23)13-14(17(25)22-16(13)24)12-8-19-5-6-20-12/h1-9H,(H,22,24,25)/b7-3-. The number of carbonyl (C=O) groups excluding carboxylic acids is 2. The van der Waals surface area contributed by atoms with Gasteiger partial charge in [-0.15, -0.1) is 0 Å². The second-order valence-corrected chi connectivity index (χ2v) is 5.22. The number of rotatable bonds is 3. The molecule has 0 spiro atoms. The maximum Gasteiger partial charge on any atom is 0.261 e. The molecule has 7 nitrogen and oxygen atoms in total. The van der Waals surface area contributed by atoms with Gasteiger partial charge in [-0.3, -0.25) is 24.9 Å². The van der Waals surface area contributed by atoms with Gasteiger partial charge in [0.2, 0.25) is 0 Å². The van der Waals surface area contributed by atoms with Gasteiger partial charge in [0, 0.05) is 41.9 Å². The summed E-state index contributed by atoms with van der Waals surface area (Å²) in [6.07, 6.45) is 8.98. The highest BCUT2D eigenvalue weighted by Crippen LogP contribution is 2.34. The summed E-state index contributed by atoms with van der Waals surface area (Å²) in [5, 5.41) is 2.89. The van der Waals surface area contributed by atoms with E-state index in [2.05, 4.69) is 20.3 Å². The van der Waals surface area contributed by atoms with Crippen molar-refractivity contribution in [3.63, 3.8) is 0 Å². The summed E-state index contributed by atoms with van der Waals surface area (Å²) in [6, 6.07) is 3.45. The average Bonchev–Trinajstić information content (AvgIpc) is 3.13. The molecule has 0 radical (unpaired) electrons. The van der Waals surface area contributed by atoms with Gasteiger partial charge < -0.3 is 4.57 Å². The van der Waals surface area contributed by atoms with Crippen molar-refractivity contribution in [3.8, 4) is 0 Å². The molecule has 4 rings (SSSR count). The molecule has 0 bridgehead atoms. The molecule has 1 aliphatic heterocycles. The smallest absolute Gasteiger partial charge is 0.261 e. The van der Waals surface area contributed by atoms with Crippen molar-refractivity contribution in [2.45, 2.75) is 0 Å². The molecule has 122 valence electrons. The summed E-state index contributed by atoms with van der Waals surface area (Å²) in [4.78, 5) is 37.0. The number of nitrogens with one attached hydrogen (secondary N) is 1. The number of hydrogen-bond donors (Lipinski definition) is 1. The SMILES string of the molecule is O=C1NC(=O)C(c2cn(/C=C\F)c3ncccc23)=C1c1cnccn1. The monoisotopic (exact) mass is 335 g/mol. The summed E-state index contributed by atoms with van der Waals surface area (Å²) in [5.74, 6) is -1.09. The minimum absolute atomic E-state index is 0.130. The van der Waals surface area contributed by atoms with E-state index < -0.39 is 11.8 Å². The molecule has 2 amide bonds. The fourth-order valence-corrected chi connectivity index (χ4v) is 2.84. The number of carbonyl (C=O) groups is 2. The number of amides is 2. The molecule has 8 heteroatoms. The number of hydrogen-bond acceptors (Lipinski definition) is 5. The third-order valence-corrected chi connectivity index (χ3v) is 3.83. The van der Waals surface area contributed by atoms with Crippen LogP contribution in [0, 0.1) is 0 Å². The Hall–Kier alpha value is -3.68. The fourth-order valence-electron chi connectivity index (χ4n) is 2.84. The van der Waals surface area contributed by atoms with E-state index in [1.807, 2.05) is 0 Å². The molecule has 0 unspecified atom stereocenters. The Kier molecular flexibility index (Phi) is 3.42. The summed E-state index contributed by atoms with van der Waals surface area (Å²) < 4.78 is 14.1. The van der Waals surface area contributed by atoms with Crippen LogP contribution in [0.5, 0.6) is 0 Å². The third-order valence-electron chi connectivity index (χ3n) is 3.83. The second kappa shape index (κ2) is 5.75. The van der Waals surface area contributed by atoms with Crippen molar-refractivity contribution in [1.29, 1.82) is 0 Å². The third kappa shape index (κ3) is 2.31. The Morgan fingerprint density at radius 1 is 1.08 bits per heavy atom. The molecule has 0 aromatic carbocycles. The van der Waals surface area contributed by atoms with Crippen LogP contribution in [0.15, 0.2) is 49.4 Å². The van der Waals surface area contributed by atoms with Gasteiger partial charge in [0.15, 0.2) is 0 Å². The molecule has 25 heavy (non-hydrogen) atoms. The molecule has 1 aliphatic rings. The van der Waals surface area contributed by atoms with Gasteiger partial charge in [0.05, 0.1) is 23.0 Å². The van der Waals surface area contributed by atoms with E-state index in [0.717, 1.165) is 0 Å². The molecular formula is C17H10FN5O2. The highest BCUT2D eigenvalue weighted by atomic mass is 19.1. The topological polar surface area (TPSA) is 89.8 Å². The number of nitrogens with zero attached hydrogens (tertiary/aromatic N) is 4. The van der Waals surface area contributed by atoms with E-state index in [4.69, 9.17) is 0 Å². The molecule has 3 aromatic rings. The van der Waals surface area contributed by atoms with Crippen molar-refractivity contribution in [2.75, 3.05) is 0 Å². The van der Waals surface area contributed by atoms with Crippen LogP contribution in [0.1, 0.15) is 11.3 Å². The lowest BCUT2D eigenvalue weighted by molar-refractivity contribution is -0.122. The molecule has 0 aliphatic carbocycles. The first-order valence-electron chi connectivity index (χ1n) is 7.30. The van der Waals surface area contributed by atoms with E-state index in [1.54, 1.807) is 24.5 Å². The summed E-state index contributed by atoms with van der Waals surface area (Å²) >= 11 is 0. The van der Waals surface area contributed by atoms with Gasteiger partial charge >= 0.3 is 0 Å². The summed E-state index contributed by atoms with van der Waals surface area (Å²) in [6.45, 7) is 0. The van der Waals surface area contributed by atoms with Crippen molar-refractivity contribution in [3.05, 3.63) is 60.7 Å². The predicted octanol–water partition coefficient (Wildman–Crippen LogP) is 1.79. The number of aromatic nitrogens is 4. The maximum atomic E-state index is 12.7. The van der Waals surface area contributed by atoms with Crippen molar-refractivity contribution >= 4 is 40.2 Å². The lowest BCUT2D eigenvalue weighted by atomic mass is 10.00. The zero-order chi connectivity index (χ0) is 17.4. The minimum Gasteiger partial charge on any atom is -0.305 e. The molecule has 0 fully saturated rings. The van der Waals surface area contributed by atoms with E-state index in [9.17, 15) is 14.0 Å². The molecule has 3 aromatic heterocycles. The summed E-state index contributed by atoms with van der Waals surface area (Å²) in [5.41, 5.74) is 1.50. The Balaban J connectivity index is 2.05. The van der Waals surface area contributed by atoms with Crippen molar-refractivity contribution < 1.29 is 14.0 Å². The van der Waals surface area contributed by atoms with Crippen molar-refractivity contribution in [1.82, 2.24) is 24.8 Å². The maximum absolute atomic E-state index is 12.7. The molecule has 0 saturated carbocycles.